The maximum absolute atomic E-state index is 12.1. The molecule has 0 aromatic carbocycles. The zero-order valence-corrected chi connectivity index (χ0v) is 11.9. The van der Waals surface area contributed by atoms with Crippen LogP contribution in [0, 0.1) is 5.92 Å². The van der Waals surface area contributed by atoms with E-state index in [1.807, 2.05) is 0 Å². The minimum atomic E-state index is -0.911. The van der Waals surface area contributed by atoms with Crippen molar-refractivity contribution in [3.8, 4) is 0 Å². The van der Waals surface area contributed by atoms with Crippen LogP contribution in [-0.4, -0.2) is 64.9 Å². The normalized spacial score (nSPS) is 26.7. The third kappa shape index (κ3) is 3.32. The number of hydrogen-bond acceptors (Lipinski definition) is 4. The van der Waals surface area contributed by atoms with E-state index in [4.69, 9.17) is 5.11 Å². The van der Waals surface area contributed by atoms with Gasteiger partial charge in [0.15, 0.2) is 0 Å². The summed E-state index contributed by atoms with van der Waals surface area (Å²) in [5, 5.41) is 11.6. The quantitative estimate of drug-likeness (QED) is 0.677. The molecule has 2 saturated heterocycles. The molecule has 116 valence electrons. The number of carboxylic acids is 1. The van der Waals surface area contributed by atoms with Crippen LogP contribution >= 0.6 is 0 Å². The van der Waals surface area contributed by atoms with Crippen molar-refractivity contribution in [3.63, 3.8) is 0 Å². The summed E-state index contributed by atoms with van der Waals surface area (Å²) in [6.45, 7) is 0.627. The molecule has 2 atom stereocenters. The van der Waals surface area contributed by atoms with Gasteiger partial charge in [0.1, 0.15) is 6.04 Å². The Morgan fingerprint density at radius 3 is 2.67 bits per heavy atom. The number of piperidine rings is 2. The van der Waals surface area contributed by atoms with Crippen molar-refractivity contribution >= 4 is 23.8 Å². The molecule has 2 aliphatic heterocycles. The lowest BCUT2D eigenvalue weighted by Gasteiger charge is -2.34. The fourth-order valence-electron chi connectivity index (χ4n) is 2.65. The number of carbonyl (C=O) groups excluding carboxylic acids is 3. The van der Waals surface area contributed by atoms with Gasteiger partial charge in [-0.2, -0.15) is 0 Å². The first kappa shape index (κ1) is 15.3. The minimum Gasteiger partial charge on any atom is -0.481 e. The van der Waals surface area contributed by atoms with Gasteiger partial charge in [-0.25, -0.2) is 4.79 Å². The number of hydrogen-bond donors (Lipinski definition) is 2. The predicted octanol–water partition coefficient (Wildman–Crippen LogP) is -0.360. The van der Waals surface area contributed by atoms with Gasteiger partial charge in [0, 0.05) is 26.6 Å². The third-order valence-corrected chi connectivity index (χ3v) is 4.01. The van der Waals surface area contributed by atoms with Crippen molar-refractivity contribution in [2.24, 2.45) is 5.92 Å². The van der Waals surface area contributed by atoms with E-state index in [0.29, 0.717) is 19.4 Å². The second kappa shape index (κ2) is 6.11. The van der Waals surface area contributed by atoms with Crippen molar-refractivity contribution in [3.05, 3.63) is 0 Å². The first-order valence-corrected chi connectivity index (χ1v) is 6.98. The van der Waals surface area contributed by atoms with E-state index in [1.54, 1.807) is 0 Å². The molecule has 8 nitrogen and oxygen atoms in total. The highest BCUT2D eigenvalue weighted by molar-refractivity contribution is 6.01. The van der Waals surface area contributed by atoms with Crippen LogP contribution in [0.5, 0.6) is 0 Å². The Kier molecular flexibility index (Phi) is 4.44. The average molecular weight is 297 g/mol. The lowest BCUT2D eigenvalue weighted by Crippen LogP contribution is -2.56. The van der Waals surface area contributed by atoms with E-state index < -0.39 is 29.9 Å². The Morgan fingerprint density at radius 2 is 2.00 bits per heavy atom. The summed E-state index contributed by atoms with van der Waals surface area (Å²) in [5.74, 6) is -2.15. The minimum absolute atomic E-state index is 0.150. The second-order valence-electron chi connectivity index (χ2n) is 5.46. The molecule has 2 rings (SSSR count). The highest BCUT2D eigenvalue weighted by Gasteiger charge is 2.35. The molecule has 0 aromatic rings. The van der Waals surface area contributed by atoms with Gasteiger partial charge >= 0.3 is 12.0 Å². The zero-order valence-electron chi connectivity index (χ0n) is 11.9. The molecule has 2 aliphatic rings. The first-order chi connectivity index (χ1) is 9.90. The number of rotatable bonds is 2. The summed E-state index contributed by atoms with van der Waals surface area (Å²) < 4.78 is 0. The van der Waals surface area contributed by atoms with Gasteiger partial charge in [0.05, 0.1) is 5.92 Å². The zero-order chi connectivity index (χ0) is 15.6. The predicted molar refractivity (Wildman–Crippen MR) is 71.3 cm³/mol. The Morgan fingerprint density at radius 1 is 1.29 bits per heavy atom. The summed E-state index contributed by atoms with van der Waals surface area (Å²) in [6, 6.07) is -1.16. The van der Waals surface area contributed by atoms with Crippen LogP contribution in [-0.2, 0) is 14.4 Å². The van der Waals surface area contributed by atoms with Crippen molar-refractivity contribution in [2.45, 2.75) is 31.7 Å². The fraction of sp³-hybridized carbons (Fsp3) is 0.692. The van der Waals surface area contributed by atoms with Crippen LogP contribution < -0.4 is 5.32 Å². The van der Waals surface area contributed by atoms with E-state index in [0.717, 1.165) is 4.90 Å². The van der Waals surface area contributed by atoms with Crippen LogP contribution in [0.15, 0.2) is 0 Å². The van der Waals surface area contributed by atoms with Gasteiger partial charge in [0.2, 0.25) is 5.91 Å². The molecule has 8 heteroatoms. The first-order valence-electron chi connectivity index (χ1n) is 6.98. The van der Waals surface area contributed by atoms with E-state index in [1.165, 1.54) is 11.9 Å². The number of likely N-dealkylation sites (tertiary alicyclic amines) is 2. The Hall–Kier alpha value is -2.12. The molecule has 2 heterocycles. The van der Waals surface area contributed by atoms with E-state index in [-0.39, 0.29) is 25.3 Å². The van der Waals surface area contributed by atoms with Crippen molar-refractivity contribution in [2.75, 3.05) is 20.1 Å². The van der Waals surface area contributed by atoms with Crippen LogP contribution in [0.1, 0.15) is 25.7 Å². The highest BCUT2D eigenvalue weighted by atomic mass is 16.4. The van der Waals surface area contributed by atoms with Gasteiger partial charge in [0.25, 0.3) is 5.91 Å². The maximum atomic E-state index is 12.1. The summed E-state index contributed by atoms with van der Waals surface area (Å²) in [4.78, 5) is 48.8. The molecule has 0 radical (unpaired) electrons. The third-order valence-electron chi connectivity index (χ3n) is 4.01. The largest absolute Gasteiger partial charge is 0.481 e. The summed E-state index contributed by atoms with van der Waals surface area (Å²) in [6.07, 6.45) is 1.68. The van der Waals surface area contributed by atoms with Crippen LogP contribution in [0.3, 0.4) is 0 Å². The number of aliphatic carboxylic acids is 1. The number of imide groups is 1. The Labute approximate surface area is 122 Å². The fourth-order valence-corrected chi connectivity index (χ4v) is 2.65. The molecule has 1 unspecified atom stereocenters. The van der Waals surface area contributed by atoms with Crippen molar-refractivity contribution < 1.29 is 24.3 Å². The number of likely N-dealkylation sites (N-methyl/N-ethyl adjacent to an activating group) is 1. The number of nitrogens with zero attached hydrogens (tertiary/aromatic N) is 2. The molecule has 0 aliphatic carbocycles. The smallest absolute Gasteiger partial charge is 0.318 e. The van der Waals surface area contributed by atoms with Crippen molar-refractivity contribution in [1.82, 2.24) is 15.1 Å². The van der Waals surface area contributed by atoms with Crippen LogP contribution in [0.4, 0.5) is 4.79 Å². The van der Waals surface area contributed by atoms with E-state index in [2.05, 4.69) is 5.32 Å². The second-order valence-corrected chi connectivity index (χ2v) is 5.46. The van der Waals surface area contributed by atoms with E-state index in [9.17, 15) is 19.2 Å². The molecular weight excluding hydrogens is 278 g/mol. The van der Waals surface area contributed by atoms with Gasteiger partial charge in [-0.1, -0.05) is 0 Å². The molecule has 0 bridgehead atoms. The molecule has 0 saturated carbocycles. The number of nitrogens with one attached hydrogen (secondary N) is 1. The average Bonchev–Trinajstić information content (AvgIpc) is 2.48. The summed E-state index contributed by atoms with van der Waals surface area (Å²) >= 11 is 0. The number of urea groups is 1. The van der Waals surface area contributed by atoms with Crippen molar-refractivity contribution in [1.29, 1.82) is 0 Å². The molecule has 2 N–H and O–H groups in total. The Bertz CT molecular complexity index is 478. The Balaban J connectivity index is 1.93. The number of carbonyl (C=O) groups is 4. The molecule has 0 aromatic heterocycles. The summed E-state index contributed by atoms with van der Waals surface area (Å²) in [7, 11) is 1.39. The van der Waals surface area contributed by atoms with Gasteiger partial charge in [-0.05, 0) is 19.3 Å². The lowest BCUT2D eigenvalue weighted by atomic mass is 9.98. The molecular formula is C13H19N3O5. The van der Waals surface area contributed by atoms with Gasteiger partial charge in [-0.15, -0.1) is 0 Å². The summed E-state index contributed by atoms with van der Waals surface area (Å²) in [5.41, 5.74) is 0. The number of carboxylic acid groups (broad SMARTS) is 1. The van der Waals surface area contributed by atoms with Crippen LogP contribution in [0.25, 0.3) is 0 Å². The van der Waals surface area contributed by atoms with Gasteiger partial charge < -0.3 is 15.3 Å². The highest BCUT2D eigenvalue weighted by Crippen LogP contribution is 2.17. The topological polar surface area (TPSA) is 107 Å². The van der Waals surface area contributed by atoms with E-state index >= 15 is 0 Å². The lowest BCUT2D eigenvalue weighted by molar-refractivity contribution is -0.148. The SMILES string of the molecule is CN1C(=O)CCC(NC(=O)N2CCC[C@@H](C(=O)O)C2)C1=O. The number of amides is 4. The molecule has 4 amide bonds. The molecule has 2 fully saturated rings. The monoisotopic (exact) mass is 297 g/mol. The molecule has 21 heavy (non-hydrogen) atoms. The van der Waals surface area contributed by atoms with Gasteiger partial charge in [-0.3, -0.25) is 19.3 Å². The standard InChI is InChI=1S/C13H19N3O5/c1-15-10(17)5-4-9(11(15)18)14-13(21)16-6-2-3-8(7-16)12(19)20/h8-9H,2-7H2,1H3,(H,14,21)(H,19,20)/t8-,9?/m1/s1. The maximum Gasteiger partial charge on any atom is 0.318 e. The van der Waals surface area contributed by atoms with Crippen LogP contribution in [0.2, 0.25) is 0 Å². The molecule has 0 spiro atoms.